The molecule has 5 rings (SSSR count). The number of rotatable bonds is 10. The summed E-state index contributed by atoms with van der Waals surface area (Å²) >= 11 is 0. The number of aromatic nitrogens is 1. The van der Waals surface area contributed by atoms with Crippen molar-refractivity contribution in [2.24, 2.45) is 13.0 Å². The van der Waals surface area contributed by atoms with Gasteiger partial charge < -0.3 is 24.5 Å². The molecule has 2 atom stereocenters. The summed E-state index contributed by atoms with van der Waals surface area (Å²) in [6, 6.07) is 11.2. The number of nitrogens with zero attached hydrogens (tertiary/aromatic N) is 1. The average Bonchev–Trinajstić information content (AvgIpc) is 3.54. The van der Waals surface area contributed by atoms with Gasteiger partial charge in [-0.25, -0.2) is 4.39 Å². The summed E-state index contributed by atoms with van der Waals surface area (Å²) in [5.74, 6) is 0.198. The summed E-state index contributed by atoms with van der Waals surface area (Å²) in [5.41, 5.74) is 6.60. The molecule has 8 heteroatoms. The normalized spacial score (nSPS) is 20.1. The number of hydrogen-bond acceptors (Lipinski definition) is 5. The molecule has 0 aliphatic heterocycles. The van der Waals surface area contributed by atoms with Crippen molar-refractivity contribution >= 4 is 23.1 Å². The molecular weight excluding hydrogens is 569 g/mol. The number of phenols is 1. The number of methoxy groups -OCH3 is 2. The van der Waals surface area contributed by atoms with Gasteiger partial charge in [-0.15, -0.1) is 0 Å². The molecule has 0 fully saturated rings. The number of carbonyl (C=O) groups excluding carboxylic acids is 1. The molecule has 3 N–H and O–H groups in total. The van der Waals surface area contributed by atoms with Gasteiger partial charge in [-0.1, -0.05) is 43.4 Å². The van der Waals surface area contributed by atoms with Crippen molar-refractivity contribution in [1.29, 1.82) is 0 Å². The Balaban J connectivity index is 1.59. The van der Waals surface area contributed by atoms with E-state index in [0.717, 1.165) is 40.0 Å². The summed E-state index contributed by atoms with van der Waals surface area (Å²) in [7, 11) is 4.89. The van der Waals surface area contributed by atoms with Gasteiger partial charge in [0, 0.05) is 25.5 Å². The SMILES string of the molecule is COc1cc(/C=C2/C(C)=C(C(NCC3=C/C(C)C/C=C/C=C\3)C(=O)NCc3cccn3C)c3cc(F)ccc32)cc(OC)c1O. The van der Waals surface area contributed by atoms with E-state index < -0.39 is 6.04 Å². The van der Waals surface area contributed by atoms with Crippen LogP contribution in [0.25, 0.3) is 17.2 Å². The number of amides is 1. The highest BCUT2D eigenvalue weighted by molar-refractivity contribution is 6.11. The van der Waals surface area contributed by atoms with E-state index in [-0.39, 0.29) is 29.0 Å². The molecule has 7 nitrogen and oxygen atoms in total. The number of halogens is 1. The zero-order chi connectivity index (χ0) is 32.1. The predicted octanol–water partition coefficient (Wildman–Crippen LogP) is 6.57. The van der Waals surface area contributed by atoms with Crippen molar-refractivity contribution in [3.63, 3.8) is 0 Å². The van der Waals surface area contributed by atoms with Crippen LogP contribution in [0.4, 0.5) is 4.39 Å². The number of benzene rings is 2. The maximum Gasteiger partial charge on any atom is 0.242 e. The third kappa shape index (κ3) is 6.97. The number of ether oxygens (including phenoxy) is 2. The Labute approximate surface area is 264 Å². The fourth-order valence-corrected chi connectivity index (χ4v) is 5.91. The minimum absolute atomic E-state index is 0.0921. The quantitative estimate of drug-likeness (QED) is 0.242. The zero-order valence-corrected chi connectivity index (χ0v) is 26.4. The molecule has 0 saturated heterocycles. The van der Waals surface area contributed by atoms with Crippen molar-refractivity contribution in [1.82, 2.24) is 15.2 Å². The van der Waals surface area contributed by atoms with Crippen molar-refractivity contribution in [2.75, 3.05) is 20.8 Å². The number of hydrogen-bond donors (Lipinski definition) is 3. The standard InChI is InChI=1S/C37H40FN3O4/c1-23-10-7-6-8-11-25(16-23)21-39-35(37(43)40-22-28-12-9-15-41(28)3)34-24(2)30(29-14-13-27(38)20-31(29)34)17-26-18-32(44-4)36(42)33(19-26)45-5/h6-9,11-20,23,35,39,42H,10,21-22H2,1-5H3,(H,40,43)/b7-6+,11-8-,25-16+,30-17-. The van der Waals surface area contributed by atoms with Crippen LogP contribution in [-0.2, 0) is 18.4 Å². The Bertz CT molecular complexity index is 1720. The molecule has 0 bridgehead atoms. The molecule has 0 spiro atoms. The largest absolute Gasteiger partial charge is 0.502 e. The fraction of sp³-hybridized carbons (Fsp3) is 0.270. The van der Waals surface area contributed by atoms with Crippen molar-refractivity contribution in [2.45, 2.75) is 32.9 Å². The smallest absolute Gasteiger partial charge is 0.242 e. The van der Waals surface area contributed by atoms with E-state index in [9.17, 15) is 14.3 Å². The summed E-state index contributed by atoms with van der Waals surface area (Å²) in [5, 5.41) is 17.1. The van der Waals surface area contributed by atoms with E-state index >= 15 is 0 Å². The minimum atomic E-state index is -0.772. The first kappa shape index (κ1) is 31.6. The second-order valence-corrected chi connectivity index (χ2v) is 11.4. The van der Waals surface area contributed by atoms with Crippen LogP contribution < -0.4 is 20.1 Å². The first-order chi connectivity index (χ1) is 21.7. The third-order valence-electron chi connectivity index (χ3n) is 8.30. The van der Waals surface area contributed by atoms with E-state index in [1.807, 2.05) is 55.1 Å². The molecule has 234 valence electrons. The second-order valence-electron chi connectivity index (χ2n) is 11.4. The predicted molar refractivity (Wildman–Crippen MR) is 177 cm³/mol. The Morgan fingerprint density at radius 3 is 2.56 bits per heavy atom. The molecule has 0 radical (unpaired) electrons. The Morgan fingerprint density at radius 1 is 1.11 bits per heavy atom. The number of aryl methyl sites for hydroxylation is 1. The molecule has 2 aliphatic carbocycles. The molecule has 2 aliphatic rings. The zero-order valence-electron chi connectivity index (χ0n) is 26.4. The Morgan fingerprint density at radius 2 is 1.87 bits per heavy atom. The molecule has 1 heterocycles. The number of allylic oxidation sites excluding steroid dienone is 6. The van der Waals surface area contributed by atoms with Crippen LogP contribution in [0.3, 0.4) is 0 Å². The molecule has 2 aromatic carbocycles. The average molecular weight is 610 g/mol. The topological polar surface area (TPSA) is 84.8 Å². The van der Waals surface area contributed by atoms with Gasteiger partial charge in [-0.2, -0.15) is 0 Å². The molecule has 3 aromatic rings. The van der Waals surface area contributed by atoms with E-state index in [1.165, 1.54) is 26.4 Å². The highest BCUT2D eigenvalue weighted by atomic mass is 19.1. The van der Waals surface area contributed by atoms with Gasteiger partial charge in [0.05, 0.1) is 20.8 Å². The van der Waals surface area contributed by atoms with Crippen molar-refractivity contribution in [3.05, 3.63) is 118 Å². The molecule has 0 saturated carbocycles. The van der Waals surface area contributed by atoms with Crippen molar-refractivity contribution in [3.8, 4) is 17.2 Å². The van der Waals surface area contributed by atoms with Crippen LogP contribution in [0, 0.1) is 11.7 Å². The highest BCUT2D eigenvalue weighted by Crippen LogP contribution is 2.45. The molecular formula is C37H40FN3O4. The lowest BCUT2D eigenvalue weighted by atomic mass is 9.96. The van der Waals surface area contributed by atoms with Gasteiger partial charge in [0.2, 0.25) is 11.7 Å². The summed E-state index contributed by atoms with van der Waals surface area (Å²) < 4.78 is 27.6. The van der Waals surface area contributed by atoms with Crippen molar-refractivity contribution < 1.29 is 23.8 Å². The van der Waals surface area contributed by atoms with Crippen LogP contribution in [0.5, 0.6) is 17.2 Å². The number of carbonyl (C=O) groups is 1. The second kappa shape index (κ2) is 13.9. The Hall–Kier alpha value is -4.82. The van der Waals surface area contributed by atoms with Crippen LogP contribution in [-0.4, -0.2) is 42.4 Å². The van der Waals surface area contributed by atoms with Crippen LogP contribution in [0.1, 0.15) is 42.7 Å². The minimum Gasteiger partial charge on any atom is -0.502 e. The first-order valence-electron chi connectivity index (χ1n) is 15.0. The van der Waals surface area contributed by atoms with Crippen LogP contribution in [0.2, 0.25) is 0 Å². The van der Waals surface area contributed by atoms with Crippen LogP contribution in [0.15, 0.2) is 90.2 Å². The van der Waals surface area contributed by atoms with E-state index in [4.69, 9.17) is 9.47 Å². The van der Waals surface area contributed by atoms with Gasteiger partial charge >= 0.3 is 0 Å². The van der Waals surface area contributed by atoms with Crippen LogP contribution >= 0.6 is 0 Å². The molecule has 2 unspecified atom stereocenters. The maximum absolute atomic E-state index is 14.9. The summed E-state index contributed by atoms with van der Waals surface area (Å²) in [6.45, 7) is 4.92. The Kier molecular flexibility index (Phi) is 9.74. The highest BCUT2D eigenvalue weighted by Gasteiger charge is 2.33. The van der Waals surface area contributed by atoms with Gasteiger partial charge in [0.1, 0.15) is 11.9 Å². The number of nitrogens with one attached hydrogen (secondary N) is 2. The maximum atomic E-state index is 14.9. The summed E-state index contributed by atoms with van der Waals surface area (Å²) in [4.78, 5) is 14.1. The fourth-order valence-electron chi connectivity index (χ4n) is 5.91. The third-order valence-corrected chi connectivity index (χ3v) is 8.30. The van der Waals surface area contributed by atoms with E-state index in [1.54, 1.807) is 18.2 Å². The number of phenolic OH excluding ortho intramolecular Hbond substituents is 1. The summed E-state index contributed by atoms with van der Waals surface area (Å²) in [6.07, 6.45) is 15.3. The first-order valence-corrected chi connectivity index (χ1v) is 15.0. The van der Waals surface area contributed by atoms with Gasteiger partial charge in [-0.05, 0) is 101 Å². The lowest BCUT2D eigenvalue weighted by Gasteiger charge is -2.23. The number of aromatic hydroxyl groups is 1. The van der Waals surface area contributed by atoms with E-state index in [2.05, 4.69) is 35.8 Å². The molecule has 1 aromatic heterocycles. The monoisotopic (exact) mass is 609 g/mol. The van der Waals surface area contributed by atoms with E-state index in [0.29, 0.717) is 30.1 Å². The van der Waals surface area contributed by atoms with Gasteiger partial charge in [-0.3, -0.25) is 10.1 Å². The van der Waals surface area contributed by atoms with Gasteiger partial charge in [0.15, 0.2) is 11.5 Å². The lowest BCUT2D eigenvalue weighted by molar-refractivity contribution is -0.121. The van der Waals surface area contributed by atoms with Gasteiger partial charge in [0.25, 0.3) is 0 Å². The lowest BCUT2D eigenvalue weighted by Crippen LogP contribution is -2.45. The molecule has 45 heavy (non-hydrogen) atoms. The number of fused-ring (bicyclic) bond motifs is 1. The molecule has 1 amide bonds.